The molecule has 2 fully saturated rings. The molecule has 1 saturated carbocycles. The van der Waals surface area contributed by atoms with E-state index in [1.807, 2.05) is 0 Å². The van der Waals surface area contributed by atoms with E-state index in [4.69, 9.17) is 0 Å². The summed E-state index contributed by atoms with van der Waals surface area (Å²) in [6.07, 6.45) is 8.14. The highest BCUT2D eigenvalue weighted by atomic mass is 16.2. The summed E-state index contributed by atoms with van der Waals surface area (Å²) in [4.78, 5) is 12.2. The summed E-state index contributed by atoms with van der Waals surface area (Å²) in [5, 5.41) is 6.57. The van der Waals surface area contributed by atoms with Crippen LogP contribution in [0.5, 0.6) is 0 Å². The summed E-state index contributed by atoms with van der Waals surface area (Å²) in [6.45, 7) is 4.05. The molecule has 1 aliphatic carbocycles. The van der Waals surface area contributed by atoms with Gasteiger partial charge in [-0.25, -0.2) is 0 Å². The first-order valence-electron chi connectivity index (χ1n) is 6.80. The third-order valence-corrected chi connectivity index (χ3v) is 4.13. The van der Waals surface area contributed by atoms with Gasteiger partial charge in [0.15, 0.2) is 0 Å². The lowest BCUT2D eigenvalue weighted by atomic mass is 9.85. The monoisotopic (exact) mass is 224 g/mol. The van der Waals surface area contributed by atoms with Crippen LogP contribution in [-0.2, 0) is 4.79 Å². The lowest BCUT2D eigenvalue weighted by molar-refractivity contribution is -0.127. The van der Waals surface area contributed by atoms with Gasteiger partial charge in [0.2, 0.25) is 5.91 Å². The average molecular weight is 224 g/mol. The molecule has 1 saturated heterocycles. The molecule has 0 aromatic rings. The Labute approximate surface area is 98.4 Å². The number of hydrogen-bond acceptors (Lipinski definition) is 2. The van der Waals surface area contributed by atoms with Crippen molar-refractivity contribution in [2.75, 3.05) is 13.1 Å². The summed E-state index contributed by atoms with van der Waals surface area (Å²) >= 11 is 0. The van der Waals surface area contributed by atoms with Crippen molar-refractivity contribution in [2.45, 2.75) is 57.4 Å². The van der Waals surface area contributed by atoms with Crippen LogP contribution in [-0.4, -0.2) is 24.5 Å². The second kappa shape index (κ2) is 5.17. The van der Waals surface area contributed by atoms with Gasteiger partial charge in [-0.3, -0.25) is 4.79 Å². The summed E-state index contributed by atoms with van der Waals surface area (Å²) in [5.41, 5.74) is -0.238. The predicted molar refractivity (Wildman–Crippen MR) is 65.2 cm³/mol. The van der Waals surface area contributed by atoms with Crippen molar-refractivity contribution < 1.29 is 4.79 Å². The number of hydrogen-bond donors (Lipinski definition) is 2. The molecule has 3 nitrogen and oxygen atoms in total. The quantitative estimate of drug-likeness (QED) is 0.748. The van der Waals surface area contributed by atoms with Gasteiger partial charge in [0, 0.05) is 6.54 Å². The maximum Gasteiger partial charge on any atom is 0.240 e. The second-order valence-corrected chi connectivity index (χ2v) is 5.37. The van der Waals surface area contributed by atoms with Crippen molar-refractivity contribution >= 4 is 5.91 Å². The van der Waals surface area contributed by atoms with E-state index in [1.54, 1.807) is 0 Å². The first-order chi connectivity index (χ1) is 7.77. The van der Waals surface area contributed by atoms with Crippen molar-refractivity contribution in [3.05, 3.63) is 0 Å². The summed E-state index contributed by atoms with van der Waals surface area (Å²) in [5.74, 6) is 1.00. The molecule has 16 heavy (non-hydrogen) atoms. The normalized spacial score (nSPS) is 30.1. The van der Waals surface area contributed by atoms with E-state index >= 15 is 0 Å². The second-order valence-electron chi connectivity index (χ2n) is 5.37. The van der Waals surface area contributed by atoms with Gasteiger partial charge in [0.25, 0.3) is 0 Å². The standard InChI is InChI=1S/C13H24N2O/c1-2-7-13(8-4-9-15-13)12(16)14-10-11-5-3-6-11/h11,15H,2-10H2,1H3,(H,14,16). The van der Waals surface area contributed by atoms with Crippen LogP contribution in [0.4, 0.5) is 0 Å². The minimum atomic E-state index is -0.238. The van der Waals surface area contributed by atoms with Gasteiger partial charge >= 0.3 is 0 Å². The first kappa shape index (κ1) is 11.9. The highest BCUT2D eigenvalue weighted by Gasteiger charge is 2.39. The van der Waals surface area contributed by atoms with E-state index < -0.39 is 0 Å². The van der Waals surface area contributed by atoms with E-state index in [0.29, 0.717) is 0 Å². The molecular formula is C13H24N2O. The van der Waals surface area contributed by atoms with Gasteiger partial charge in [-0.2, -0.15) is 0 Å². The van der Waals surface area contributed by atoms with Crippen LogP contribution in [0.2, 0.25) is 0 Å². The molecule has 1 aliphatic heterocycles. The molecule has 0 radical (unpaired) electrons. The summed E-state index contributed by atoms with van der Waals surface area (Å²) in [7, 11) is 0. The number of nitrogens with one attached hydrogen (secondary N) is 2. The molecule has 0 spiro atoms. The lowest BCUT2D eigenvalue weighted by Gasteiger charge is -2.31. The van der Waals surface area contributed by atoms with Gasteiger partial charge < -0.3 is 10.6 Å². The van der Waals surface area contributed by atoms with Crippen LogP contribution < -0.4 is 10.6 Å². The van der Waals surface area contributed by atoms with Crippen LogP contribution >= 0.6 is 0 Å². The van der Waals surface area contributed by atoms with Crippen LogP contribution in [0.25, 0.3) is 0 Å². The number of rotatable bonds is 5. The minimum absolute atomic E-state index is 0.238. The Morgan fingerprint density at radius 2 is 2.25 bits per heavy atom. The van der Waals surface area contributed by atoms with Gasteiger partial charge in [-0.1, -0.05) is 19.8 Å². The Kier molecular flexibility index (Phi) is 3.85. The van der Waals surface area contributed by atoms with Crippen LogP contribution in [0, 0.1) is 5.92 Å². The van der Waals surface area contributed by atoms with Gasteiger partial charge in [0.1, 0.15) is 0 Å². The number of carbonyl (C=O) groups is 1. The molecule has 2 N–H and O–H groups in total. The Balaban J connectivity index is 1.83. The zero-order valence-electron chi connectivity index (χ0n) is 10.3. The molecule has 1 atom stereocenters. The molecule has 2 aliphatic rings. The highest BCUT2D eigenvalue weighted by Crippen LogP contribution is 2.27. The Bertz CT molecular complexity index is 242. The zero-order chi connectivity index (χ0) is 11.4. The first-order valence-corrected chi connectivity index (χ1v) is 6.80. The molecule has 92 valence electrons. The van der Waals surface area contributed by atoms with Crippen LogP contribution in [0.3, 0.4) is 0 Å². The molecule has 2 rings (SSSR count). The predicted octanol–water partition coefficient (Wildman–Crippen LogP) is 1.82. The van der Waals surface area contributed by atoms with Crippen LogP contribution in [0.15, 0.2) is 0 Å². The van der Waals surface area contributed by atoms with Crippen molar-refractivity contribution in [1.82, 2.24) is 10.6 Å². The van der Waals surface area contributed by atoms with Crippen molar-refractivity contribution in [2.24, 2.45) is 5.92 Å². The fraction of sp³-hybridized carbons (Fsp3) is 0.923. The van der Waals surface area contributed by atoms with Crippen LogP contribution in [0.1, 0.15) is 51.9 Å². The average Bonchev–Trinajstić information content (AvgIpc) is 2.65. The molecule has 0 aromatic carbocycles. The number of amides is 1. The number of carbonyl (C=O) groups excluding carboxylic acids is 1. The molecule has 0 bridgehead atoms. The SMILES string of the molecule is CCCC1(C(=O)NCC2CCC2)CCCN1. The maximum absolute atomic E-state index is 12.2. The fourth-order valence-electron chi connectivity index (χ4n) is 2.86. The molecule has 0 aromatic heterocycles. The zero-order valence-corrected chi connectivity index (χ0v) is 10.3. The Morgan fingerprint density at radius 1 is 1.44 bits per heavy atom. The Morgan fingerprint density at radius 3 is 2.75 bits per heavy atom. The van der Waals surface area contributed by atoms with Crippen molar-refractivity contribution in [3.8, 4) is 0 Å². The molecule has 3 heteroatoms. The van der Waals surface area contributed by atoms with Gasteiger partial charge in [-0.05, 0) is 44.6 Å². The summed E-state index contributed by atoms with van der Waals surface area (Å²) in [6, 6.07) is 0. The molecule has 1 unspecified atom stereocenters. The largest absolute Gasteiger partial charge is 0.354 e. The van der Waals surface area contributed by atoms with E-state index in [0.717, 1.165) is 44.7 Å². The van der Waals surface area contributed by atoms with E-state index in [-0.39, 0.29) is 11.4 Å². The highest BCUT2D eigenvalue weighted by molar-refractivity contribution is 5.86. The van der Waals surface area contributed by atoms with E-state index in [9.17, 15) is 4.79 Å². The third kappa shape index (κ3) is 2.40. The third-order valence-electron chi connectivity index (χ3n) is 4.13. The lowest BCUT2D eigenvalue weighted by Crippen LogP contribution is -2.54. The van der Waals surface area contributed by atoms with Gasteiger partial charge in [0.05, 0.1) is 5.54 Å². The van der Waals surface area contributed by atoms with Gasteiger partial charge in [-0.15, -0.1) is 0 Å². The topological polar surface area (TPSA) is 41.1 Å². The molecular weight excluding hydrogens is 200 g/mol. The van der Waals surface area contributed by atoms with Crippen molar-refractivity contribution in [1.29, 1.82) is 0 Å². The maximum atomic E-state index is 12.2. The smallest absolute Gasteiger partial charge is 0.240 e. The van der Waals surface area contributed by atoms with E-state index in [1.165, 1.54) is 19.3 Å². The molecule has 1 heterocycles. The summed E-state index contributed by atoms with van der Waals surface area (Å²) < 4.78 is 0. The Hall–Kier alpha value is -0.570. The minimum Gasteiger partial charge on any atom is -0.354 e. The molecule has 1 amide bonds. The van der Waals surface area contributed by atoms with E-state index in [2.05, 4.69) is 17.6 Å². The fourth-order valence-corrected chi connectivity index (χ4v) is 2.86. The van der Waals surface area contributed by atoms with Crippen molar-refractivity contribution in [3.63, 3.8) is 0 Å².